The Kier molecular flexibility index (Phi) is 3.60. The van der Waals surface area contributed by atoms with Crippen molar-refractivity contribution in [2.45, 2.75) is 31.4 Å². The molecule has 0 spiro atoms. The molecule has 1 rings (SSSR count). The number of rotatable bonds is 4. The van der Waals surface area contributed by atoms with Gasteiger partial charge in [0.15, 0.2) is 0 Å². The summed E-state index contributed by atoms with van der Waals surface area (Å²) in [6.45, 7) is 4.65. The average molecular weight is 155 g/mol. The van der Waals surface area contributed by atoms with E-state index in [1.165, 1.54) is 12.8 Å². The van der Waals surface area contributed by atoms with Crippen LogP contribution in [0.3, 0.4) is 0 Å². The Bertz CT molecular complexity index is 119. The van der Waals surface area contributed by atoms with Crippen molar-refractivity contribution in [3.8, 4) is 0 Å². The summed E-state index contributed by atoms with van der Waals surface area (Å²) < 4.78 is 5.55. The maximum atomic E-state index is 5.55. The molecule has 2 atom stereocenters. The third-order valence-electron chi connectivity index (χ3n) is 2.21. The molecule has 1 fully saturated rings. The van der Waals surface area contributed by atoms with E-state index in [9.17, 15) is 0 Å². The monoisotopic (exact) mass is 155 g/mol. The van der Waals surface area contributed by atoms with E-state index in [1.54, 1.807) is 0 Å². The fourth-order valence-corrected chi connectivity index (χ4v) is 1.55. The lowest BCUT2D eigenvalue weighted by Crippen LogP contribution is -2.36. The molecule has 1 heterocycles. The van der Waals surface area contributed by atoms with Crippen molar-refractivity contribution in [2.75, 3.05) is 13.7 Å². The highest BCUT2D eigenvalue weighted by Gasteiger charge is 2.23. The Morgan fingerprint density at radius 1 is 1.82 bits per heavy atom. The van der Waals surface area contributed by atoms with Gasteiger partial charge in [0.25, 0.3) is 0 Å². The fraction of sp³-hybridized carbons (Fsp3) is 0.778. The molecule has 64 valence electrons. The number of ether oxygens (including phenoxy) is 1. The van der Waals surface area contributed by atoms with Crippen molar-refractivity contribution in [1.82, 2.24) is 5.32 Å². The van der Waals surface area contributed by atoms with Crippen molar-refractivity contribution in [2.24, 2.45) is 0 Å². The van der Waals surface area contributed by atoms with E-state index in [0.29, 0.717) is 12.1 Å². The molecule has 1 saturated heterocycles. The summed E-state index contributed by atoms with van der Waals surface area (Å²) in [5.41, 5.74) is 0. The van der Waals surface area contributed by atoms with Crippen LogP contribution in [0.1, 0.15) is 19.3 Å². The second-order valence-electron chi connectivity index (χ2n) is 2.97. The van der Waals surface area contributed by atoms with Crippen LogP contribution in [0, 0.1) is 0 Å². The van der Waals surface area contributed by atoms with E-state index in [0.717, 1.165) is 13.0 Å². The Morgan fingerprint density at radius 2 is 2.64 bits per heavy atom. The summed E-state index contributed by atoms with van der Waals surface area (Å²) >= 11 is 0. The minimum absolute atomic E-state index is 0.415. The highest BCUT2D eigenvalue weighted by molar-refractivity contribution is 4.85. The highest BCUT2D eigenvalue weighted by atomic mass is 16.5. The Hall–Kier alpha value is -0.340. The Balaban J connectivity index is 2.33. The molecule has 1 N–H and O–H groups in total. The lowest BCUT2D eigenvalue weighted by atomic mass is 10.1. The van der Waals surface area contributed by atoms with Crippen LogP contribution in [0.5, 0.6) is 0 Å². The van der Waals surface area contributed by atoms with E-state index in [4.69, 9.17) is 4.74 Å². The van der Waals surface area contributed by atoms with E-state index in [-0.39, 0.29) is 0 Å². The predicted molar refractivity (Wildman–Crippen MR) is 46.6 cm³/mol. The standard InChI is InChI=1S/C9H17NO/c1-3-5-8(10-2)9-6-4-7-11-9/h3,8-10H,1,4-7H2,2H3. The van der Waals surface area contributed by atoms with Crippen LogP contribution in [0.15, 0.2) is 12.7 Å². The molecule has 0 aromatic carbocycles. The molecule has 0 aliphatic carbocycles. The summed E-state index contributed by atoms with van der Waals surface area (Å²) in [6.07, 6.45) is 5.77. The maximum absolute atomic E-state index is 5.55. The van der Waals surface area contributed by atoms with Crippen LogP contribution < -0.4 is 5.32 Å². The van der Waals surface area contributed by atoms with Crippen LogP contribution in [0.2, 0.25) is 0 Å². The number of nitrogens with one attached hydrogen (secondary N) is 1. The van der Waals surface area contributed by atoms with Gasteiger partial charge < -0.3 is 10.1 Å². The van der Waals surface area contributed by atoms with Gasteiger partial charge in [0, 0.05) is 12.6 Å². The quantitative estimate of drug-likeness (QED) is 0.618. The summed E-state index contributed by atoms with van der Waals surface area (Å²) in [5.74, 6) is 0. The summed E-state index contributed by atoms with van der Waals surface area (Å²) in [7, 11) is 1.98. The third-order valence-corrected chi connectivity index (χ3v) is 2.21. The topological polar surface area (TPSA) is 21.3 Å². The molecule has 2 nitrogen and oxygen atoms in total. The molecule has 0 radical (unpaired) electrons. The minimum atomic E-state index is 0.415. The summed E-state index contributed by atoms with van der Waals surface area (Å²) in [4.78, 5) is 0. The van der Waals surface area contributed by atoms with Gasteiger partial charge >= 0.3 is 0 Å². The van der Waals surface area contributed by atoms with Crippen molar-refractivity contribution < 1.29 is 4.74 Å². The highest BCUT2D eigenvalue weighted by Crippen LogP contribution is 2.17. The third kappa shape index (κ3) is 2.31. The second-order valence-corrected chi connectivity index (χ2v) is 2.97. The second kappa shape index (κ2) is 4.52. The first kappa shape index (κ1) is 8.75. The zero-order chi connectivity index (χ0) is 8.10. The van der Waals surface area contributed by atoms with Crippen molar-refractivity contribution in [1.29, 1.82) is 0 Å². The first-order chi connectivity index (χ1) is 5.38. The predicted octanol–water partition coefficient (Wildman–Crippen LogP) is 1.33. The molecule has 2 unspecified atom stereocenters. The van der Waals surface area contributed by atoms with Crippen LogP contribution in [0.25, 0.3) is 0 Å². The first-order valence-corrected chi connectivity index (χ1v) is 4.28. The van der Waals surface area contributed by atoms with Crippen molar-refractivity contribution in [3.05, 3.63) is 12.7 Å². The first-order valence-electron chi connectivity index (χ1n) is 4.28. The molecule has 0 bridgehead atoms. The van der Waals surface area contributed by atoms with Gasteiger partial charge in [-0.15, -0.1) is 6.58 Å². The molecular formula is C9H17NO. The smallest absolute Gasteiger partial charge is 0.0731 e. The van der Waals surface area contributed by atoms with E-state index in [2.05, 4.69) is 11.9 Å². The summed E-state index contributed by atoms with van der Waals surface area (Å²) in [6, 6.07) is 0.468. The van der Waals surface area contributed by atoms with E-state index in [1.807, 2.05) is 13.1 Å². The molecule has 11 heavy (non-hydrogen) atoms. The van der Waals surface area contributed by atoms with E-state index < -0.39 is 0 Å². The van der Waals surface area contributed by atoms with Gasteiger partial charge in [-0.1, -0.05) is 6.08 Å². The molecule has 0 aromatic heterocycles. The van der Waals surface area contributed by atoms with Crippen LogP contribution >= 0.6 is 0 Å². The molecule has 0 saturated carbocycles. The average Bonchev–Trinajstić information content (AvgIpc) is 2.52. The molecule has 2 heteroatoms. The van der Waals surface area contributed by atoms with Gasteiger partial charge in [0.1, 0.15) is 0 Å². The van der Waals surface area contributed by atoms with Gasteiger partial charge in [-0.3, -0.25) is 0 Å². The van der Waals surface area contributed by atoms with Gasteiger partial charge in [0.05, 0.1) is 6.10 Å². The number of hydrogen-bond acceptors (Lipinski definition) is 2. The lowest BCUT2D eigenvalue weighted by molar-refractivity contribution is 0.0816. The SMILES string of the molecule is C=CCC(NC)C1CCCO1. The van der Waals surface area contributed by atoms with Gasteiger partial charge in [0.2, 0.25) is 0 Å². The van der Waals surface area contributed by atoms with E-state index >= 15 is 0 Å². The zero-order valence-electron chi connectivity index (χ0n) is 7.18. The molecule has 0 aromatic rings. The normalized spacial score (nSPS) is 26.8. The zero-order valence-corrected chi connectivity index (χ0v) is 7.18. The van der Waals surface area contributed by atoms with Crippen LogP contribution in [-0.4, -0.2) is 25.8 Å². The van der Waals surface area contributed by atoms with Gasteiger partial charge in [-0.05, 0) is 26.3 Å². The van der Waals surface area contributed by atoms with Crippen molar-refractivity contribution >= 4 is 0 Å². The molecule has 1 aliphatic rings. The Labute approximate surface area is 68.6 Å². The largest absolute Gasteiger partial charge is 0.377 e. The molecular weight excluding hydrogens is 138 g/mol. The summed E-state index contributed by atoms with van der Waals surface area (Å²) in [5, 5.41) is 3.25. The maximum Gasteiger partial charge on any atom is 0.0731 e. The van der Waals surface area contributed by atoms with Crippen molar-refractivity contribution in [3.63, 3.8) is 0 Å². The van der Waals surface area contributed by atoms with Gasteiger partial charge in [-0.2, -0.15) is 0 Å². The molecule has 0 amide bonds. The Morgan fingerprint density at radius 3 is 3.09 bits per heavy atom. The number of likely N-dealkylation sites (N-methyl/N-ethyl adjacent to an activating group) is 1. The minimum Gasteiger partial charge on any atom is -0.377 e. The lowest BCUT2D eigenvalue weighted by Gasteiger charge is -2.20. The van der Waals surface area contributed by atoms with Gasteiger partial charge in [-0.25, -0.2) is 0 Å². The molecule has 1 aliphatic heterocycles. The van der Waals surface area contributed by atoms with Crippen LogP contribution in [-0.2, 0) is 4.74 Å². The fourth-order valence-electron chi connectivity index (χ4n) is 1.55. The van der Waals surface area contributed by atoms with Crippen LogP contribution in [0.4, 0.5) is 0 Å². The number of hydrogen-bond donors (Lipinski definition) is 1.